The summed E-state index contributed by atoms with van der Waals surface area (Å²) in [6.07, 6.45) is 1.94. The first-order valence-corrected chi connectivity index (χ1v) is 10.5. The van der Waals surface area contributed by atoms with Gasteiger partial charge >= 0.3 is 0 Å². The zero-order chi connectivity index (χ0) is 19.8. The Hall–Kier alpha value is -3.43. The van der Waals surface area contributed by atoms with Crippen LogP contribution in [0.4, 0.5) is 5.69 Å². The fraction of sp³-hybridized carbons (Fsp3) is 0.0385. The van der Waals surface area contributed by atoms with Crippen LogP contribution in [0, 0.1) is 0 Å². The smallest absolute Gasteiger partial charge is 0.262 e. The van der Waals surface area contributed by atoms with E-state index in [0.29, 0.717) is 0 Å². The van der Waals surface area contributed by atoms with Gasteiger partial charge in [0.25, 0.3) is 5.01 Å². The van der Waals surface area contributed by atoms with Crippen LogP contribution in [0.25, 0.3) is 38.2 Å². The second-order valence-corrected chi connectivity index (χ2v) is 8.22. The molecule has 0 atom stereocenters. The fourth-order valence-electron chi connectivity index (χ4n) is 3.95. The summed E-state index contributed by atoms with van der Waals surface area (Å²) in [4.78, 5) is 0. The molecule has 5 aromatic rings. The molecule has 1 aromatic heterocycles. The van der Waals surface area contributed by atoms with Crippen molar-refractivity contribution in [3.63, 3.8) is 0 Å². The summed E-state index contributed by atoms with van der Waals surface area (Å²) in [5, 5.41) is 3.65. The predicted molar refractivity (Wildman–Crippen MR) is 125 cm³/mol. The molecule has 4 aromatic carbocycles. The third kappa shape index (κ3) is 3.10. The summed E-state index contributed by atoms with van der Waals surface area (Å²) in [5.41, 5.74) is 11.9. The zero-order valence-corrected chi connectivity index (χ0v) is 16.8. The van der Waals surface area contributed by atoms with Gasteiger partial charge in [0.05, 0.1) is 5.56 Å². The molecule has 0 amide bonds. The standard InChI is InChI=1S/C26H21N2S/c1-2-24-28(17-18-12-13-19-8-6-7-11-21(19)16-18)26-23(29-24)15-14-22(27)25(26)20-9-4-3-5-10-20/h2-16H,1,17,27H2/q+1. The Kier molecular flexibility index (Phi) is 4.38. The van der Waals surface area contributed by atoms with Gasteiger partial charge in [-0.15, -0.1) is 0 Å². The Morgan fingerprint density at radius 2 is 1.62 bits per heavy atom. The Labute approximate surface area is 174 Å². The summed E-state index contributed by atoms with van der Waals surface area (Å²) in [5.74, 6) is 0. The number of nitrogen functional groups attached to an aromatic ring is 1. The van der Waals surface area contributed by atoms with E-state index in [4.69, 9.17) is 5.73 Å². The van der Waals surface area contributed by atoms with Crippen LogP contribution in [0.3, 0.4) is 0 Å². The topological polar surface area (TPSA) is 29.9 Å². The maximum absolute atomic E-state index is 6.47. The minimum Gasteiger partial charge on any atom is -0.398 e. The highest BCUT2D eigenvalue weighted by Gasteiger charge is 2.24. The van der Waals surface area contributed by atoms with E-state index < -0.39 is 0 Å². The van der Waals surface area contributed by atoms with E-state index in [1.165, 1.54) is 26.6 Å². The lowest BCUT2D eigenvalue weighted by Gasteiger charge is -2.07. The van der Waals surface area contributed by atoms with E-state index >= 15 is 0 Å². The second kappa shape index (κ2) is 7.19. The largest absolute Gasteiger partial charge is 0.398 e. The van der Waals surface area contributed by atoms with Crippen molar-refractivity contribution in [3.05, 3.63) is 102 Å². The SMILES string of the molecule is C=Cc1sc2ccc(N)c(-c3ccccc3)c2[n+]1Cc1ccc2ccccc2c1. The molecule has 0 radical (unpaired) electrons. The average Bonchev–Trinajstić information content (AvgIpc) is 3.11. The molecule has 0 fully saturated rings. The van der Waals surface area contributed by atoms with Crippen molar-refractivity contribution in [3.8, 4) is 11.1 Å². The van der Waals surface area contributed by atoms with E-state index in [0.717, 1.165) is 28.4 Å². The number of hydrogen-bond donors (Lipinski definition) is 1. The summed E-state index contributed by atoms with van der Waals surface area (Å²) < 4.78 is 3.56. The quantitative estimate of drug-likeness (QED) is 0.282. The number of nitrogens with zero attached hydrogens (tertiary/aromatic N) is 1. The summed E-state index contributed by atoms with van der Waals surface area (Å²) in [7, 11) is 0. The van der Waals surface area contributed by atoms with Crippen LogP contribution in [0.5, 0.6) is 0 Å². The average molecular weight is 394 g/mol. The Bertz CT molecular complexity index is 1350. The number of anilines is 1. The molecule has 3 heteroatoms. The maximum atomic E-state index is 6.47. The summed E-state index contributed by atoms with van der Waals surface area (Å²) in [6.45, 7) is 4.83. The van der Waals surface area contributed by atoms with Crippen LogP contribution in [-0.2, 0) is 6.54 Å². The van der Waals surface area contributed by atoms with Crippen molar-refractivity contribution < 1.29 is 4.57 Å². The van der Waals surface area contributed by atoms with Gasteiger partial charge in [-0.3, -0.25) is 0 Å². The number of benzene rings is 4. The molecule has 29 heavy (non-hydrogen) atoms. The Morgan fingerprint density at radius 3 is 2.41 bits per heavy atom. The molecule has 0 aliphatic rings. The summed E-state index contributed by atoms with van der Waals surface area (Å²) in [6, 6.07) is 29.7. The number of thiazole rings is 1. The molecule has 2 N–H and O–H groups in total. The minimum absolute atomic E-state index is 0.773. The zero-order valence-electron chi connectivity index (χ0n) is 16.0. The van der Waals surface area contributed by atoms with Crippen LogP contribution in [0.15, 0.2) is 91.5 Å². The predicted octanol–water partition coefficient (Wildman–Crippen LogP) is 6.28. The highest BCUT2D eigenvalue weighted by molar-refractivity contribution is 7.19. The van der Waals surface area contributed by atoms with Crippen molar-refractivity contribution in [2.24, 2.45) is 0 Å². The van der Waals surface area contributed by atoms with E-state index in [1.54, 1.807) is 11.3 Å². The number of nitrogens with two attached hydrogens (primary N) is 1. The maximum Gasteiger partial charge on any atom is 0.262 e. The van der Waals surface area contributed by atoms with E-state index in [1.807, 2.05) is 18.2 Å². The van der Waals surface area contributed by atoms with Crippen molar-refractivity contribution in [2.45, 2.75) is 6.54 Å². The van der Waals surface area contributed by atoms with Crippen LogP contribution in [-0.4, -0.2) is 0 Å². The van der Waals surface area contributed by atoms with Gasteiger partial charge in [0.2, 0.25) is 5.52 Å². The van der Waals surface area contributed by atoms with Gasteiger partial charge in [0.1, 0.15) is 4.70 Å². The Morgan fingerprint density at radius 1 is 0.862 bits per heavy atom. The molecule has 0 spiro atoms. The normalized spacial score (nSPS) is 11.2. The van der Waals surface area contributed by atoms with Gasteiger partial charge < -0.3 is 5.73 Å². The summed E-state index contributed by atoms with van der Waals surface area (Å²) >= 11 is 1.75. The highest BCUT2D eigenvalue weighted by atomic mass is 32.1. The number of hydrogen-bond acceptors (Lipinski definition) is 2. The molecule has 0 bridgehead atoms. The lowest BCUT2D eigenvalue weighted by atomic mass is 10.0. The van der Waals surface area contributed by atoms with Gasteiger partial charge in [-0.25, -0.2) is 0 Å². The number of aromatic nitrogens is 1. The molecule has 0 saturated carbocycles. The minimum atomic E-state index is 0.773. The highest BCUT2D eigenvalue weighted by Crippen LogP contribution is 2.35. The molecule has 1 heterocycles. The molecular weight excluding hydrogens is 372 g/mol. The lowest BCUT2D eigenvalue weighted by molar-refractivity contribution is -0.659. The fourth-order valence-corrected chi connectivity index (χ4v) is 4.97. The molecule has 140 valence electrons. The lowest BCUT2D eigenvalue weighted by Crippen LogP contribution is -2.36. The van der Waals surface area contributed by atoms with Gasteiger partial charge in [0.15, 0.2) is 6.54 Å². The van der Waals surface area contributed by atoms with Crippen molar-refractivity contribution in [1.82, 2.24) is 0 Å². The molecule has 0 unspecified atom stereocenters. The number of fused-ring (bicyclic) bond motifs is 2. The monoisotopic (exact) mass is 393 g/mol. The van der Waals surface area contributed by atoms with Gasteiger partial charge in [-0.2, -0.15) is 4.57 Å². The van der Waals surface area contributed by atoms with Gasteiger partial charge in [-0.1, -0.05) is 84.6 Å². The van der Waals surface area contributed by atoms with E-state index in [-0.39, 0.29) is 0 Å². The van der Waals surface area contributed by atoms with Gasteiger partial charge in [-0.05, 0) is 34.5 Å². The van der Waals surface area contributed by atoms with Gasteiger partial charge in [0, 0.05) is 17.3 Å². The van der Waals surface area contributed by atoms with Crippen LogP contribution in [0.2, 0.25) is 0 Å². The van der Waals surface area contributed by atoms with Crippen molar-refractivity contribution in [2.75, 3.05) is 5.73 Å². The molecule has 2 nitrogen and oxygen atoms in total. The van der Waals surface area contributed by atoms with Crippen LogP contribution in [0.1, 0.15) is 10.6 Å². The first kappa shape index (κ1) is 17.7. The first-order chi connectivity index (χ1) is 14.2. The van der Waals surface area contributed by atoms with E-state index in [2.05, 4.69) is 83.9 Å². The Balaban J connectivity index is 1.73. The molecule has 0 aliphatic carbocycles. The number of rotatable bonds is 4. The van der Waals surface area contributed by atoms with E-state index in [9.17, 15) is 0 Å². The second-order valence-electron chi connectivity index (χ2n) is 7.15. The molecule has 5 rings (SSSR count). The molecule has 0 saturated heterocycles. The first-order valence-electron chi connectivity index (χ1n) is 9.65. The van der Waals surface area contributed by atoms with Crippen LogP contribution < -0.4 is 10.3 Å². The van der Waals surface area contributed by atoms with Crippen molar-refractivity contribution in [1.29, 1.82) is 0 Å². The van der Waals surface area contributed by atoms with Crippen molar-refractivity contribution >= 4 is 44.1 Å². The third-order valence-electron chi connectivity index (χ3n) is 5.32. The van der Waals surface area contributed by atoms with Crippen LogP contribution >= 0.6 is 11.3 Å². The third-order valence-corrected chi connectivity index (χ3v) is 6.46. The molecule has 0 aliphatic heterocycles. The molecular formula is C26H21N2S+.